The molecule has 0 spiro atoms. The van der Waals surface area contributed by atoms with Crippen LogP contribution in [0.15, 0.2) is 91.3 Å². The van der Waals surface area contributed by atoms with Gasteiger partial charge in [0.25, 0.3) is 17.7 Å². The van der Waals surface area contributed by atoms with Crippen LogP contribution >= 0.6 is 11.6 Å². The summed E-state index contributed by atoms with van der Waals surface area (Å²) in [6.07, 6.45) is 3.38. The molecule has 0 radical (unpaired) electrons. The Kier molecular flexibility index (Phi) is 10.2. The van der Waals surface area contributed by atoms with E-state index in [9.17, 15) is 28.7 Å². The molecule has 3 aromatic carbocycles. The molecule has 4 aromatic rings. The predicted octanol–water partition coefficient (Wildman–Crippen LogP) is 5.42. The standard InChI is InChI=1S/C34H31ClFN5O5/c35-26-6-1-4-23(18-26)32(44)39-29-19-24(33(45)38-28(20-31(42)43)22-7-10-27(36)11-8-22)9-12-30(29)40-14-3-15-41(17-16-40)34(46)25-5-2-13-37-21-25/h1-2,4-13,18-19,21,28H,3,14-17,20H2,(H,38,45)(H,39,44)(H,42,43). The maximum atomic E-state index is 13.5. The highest BCUT2D eigenvalue weighted by molar-refractivity contribution is 6.31. The first kappa shape index (κ1) is 32.1. The summed E-state index contributed by atoms with van der Waals surface area (Å²) in [5.41, 5.74) is 2.41. The summed E-state index contributed by atoms with van der Waals surface area (Å²) in [5.74, 6) is -2.77. The van der Waals surface area contributed by atoms with E-state index in [4.69, 9.17) is 11.6 Å². The number of nitrogens with zero attached hydrogens (tertiary/aromatic N) is 3. The first-order valence-corrected chi connectivity index (χ1v) is 15.0. The number of hydrogen-bond donors (Lipinski definition) is 3. The monoisotopic (exact) mass is 643 g/mol. The molecule has 1 aliphatic rings. The number of pyridine rings is 1. The fraction of sp³-hybridized carbons (Fsp3) is 0.206. The van der Waals surface area contributed by atoms with E-state index in [1.54, 1.807) is 53.6 Å². The Morgan fingerprint density at radius 3 is 2.35 bits per heavy atom. The van der Waals surface area contributed by atoms with Crippen LogP contribution in [0, 0.1) is 5.82 Å². The third kappa shape index (κ3) is 8.05. The largest absolute Gasteiger partial charge is 0.481 e. The van der Waals surface area contributed by atoms with E-state index in [1.807, 2.05) is 4.90 Å². The van der Waals surface area contributed by atoms with Gasteiger partial charge in [-0.1, -0.05) is 29.8 Å². The second-order valence-electron chi connectivity index (χ2n) is 10.7. The summed E-state index contributed by atoms with van der Waals surface area (Å²) in [6.45, 7) is 1.99. The lowest BCUT2D eigenvalue weighted by atomic mass is 10.0. The third-order valence-electron chi connectivity index (χ3n) is 7.58. The van der Waals surface area contributed by atoms with Crippen molar-refractivity contribution in [1.29, 1.82) is 0 Å². The van der Waals surface area contributed by atoms with Gasteiger partial charge in [0.2, 0.25) is 0 Å². The van der Waals surface area contributed by atoms with Crippen LogP contribution in [0.2, 0.25) is 5.02 Å². The van der Waals surface area contributed by atoms with Crippen LogP contribution in [0.1, 0.15) is 55.5 Å². The van der Waals surface area contributed by atoms with Crippen molar-refractivity contribution in [3.05, 3.63) is 124 Å². The molecule has 1 saturated heterocycles. The SMILES string of the molecule is O=C(O)CC(NC(=O)c1ccc(N2CCCN(C(=O)c3cccnc3)CC2)c(NC(=O)c2cccc(Cl)c2)c1)c1ccc(F)cc1. The number of amides is 3. The topological polar surface area (TPSA) is 132 Å². The van der Waals surface area contributed by atoms with Crippen molar-refractivity contribution in [2.45, 2.75) is 18.9 Å². The van der Waals surface area contributed by atoms with Gasteiger partial charge in [-0.25, -0.2) is 4.39 Å². The number of anilines is 2. The average Bonchev–Trinajstić information content (AvgIpc) is 3.31. The minimum Gasteiger partial charge on any atom is -0.481 e. The molecule has 0 saturated carbocycles. The van der Waals surface area contributed by atoms with Gasteiger partial charge in [-0.3, -0.25) is 24.2 Å². The lowest BCUT2D eigenvalue weighted by Gasteiger charge is -2.27. The van der Waals surface area contributed by atoms with Crippen LogP contribution in [-0.2, 0) is 4.79 Å². The second kappa shape index (κ2) is 14.7. The lowest BCUT2D eigenvalue weighted by Crippen LogP contribution is -2.35. The van der Waals surface area contributed by atoms with Gasteiger partial charge in [-0.2, -0.15) is 0 Å². The molecule has 3 amide bonds. The number of carboxylic acid groups (broad SMARTS) is 1. The van der Waals surface area contributed by atoms with Gasteiger partial charge in [0.15, 0.2) is 0 Å². The number of carbonyl (C=O) groups excluding carboxylic acids is 3. The minimum atomic E-state index is -1.14. The minimum absolute atomic E-state index is 0.117. The van der Waals surface area contributed by atoms with Crippen molar-refractivity contribution >= 4 is 46.7 Å². The lowest BCUT2D eigenvalue weighted by molar-refractivity contribution is -0.137. The van der Waals surface area contributed by atoms with Gasteiger partial charge in [0, 0.05) is 54.7 Å². The number of hydrogen-bond acceptors (Lipinski definition) is 6. The number of carbonyl (C=O) groups is 4. The summed E-state index contributed by atoms with van der Waals surface area (Å²) >= 11 is 6.12. The molecular weight excluding hydrogens is 613 g/mol. The van der Waals surface area contributed by atoms with Crippen LogP contribution < -0.4 is 15.5 Å². The molecular formula is C34H31ClFN5O5. The van der Waals surface area contributed by atoms with Gasteiger partial charge in [0.05, 0.1) is 29.4 Å². The number of halogens is 2. The summed E-state index contributed by atoms with van der Waals surface area (Å²) in [7, 11) is 0. The third-order valence-corrected chi connectivity index (χ3v) is 7.82. The number of aliphatic carboxylic acids is 1. The normalized spacial score (nSPS) is 13.8. The van der Waals surface area contributed by atoms with E-state index in [2.05, 4.69) is 15.6 Å². The van der Waals surface area contributed by atoms with Gasteiger partial charge < -0.3 is 25.5 Å². The Bertz CT molecular complexity index is 1740. The average molecular weight is 644 g/mol. The van der Waals surface area contributed by atoms with Gasteiger partial charge in [0.1, 0.15) is 5.82 Å². The van der Waals surface area contributed by atoms with Crippen LogP contribution in [0.5, 0.6) is 0 Å². The number of benzene rings is 3. The molecule has 1 fully saturated rings. The van der Waals surface area contributed by atoms with Gasteiger partial charge in [-0.05, 0) is 72.6 Å². The fourth-order valence-corrected chi connectivity index (χ4v) is 5.46. The predicted molar refractivity (Wildman–Crippen MR) is 172 cm³/mol. The highest BCUT2D eigenvalue weighted by Gasteiger charge is 2.25. The van der Waals surface area contributed by atoms with Gasteiger partial charge in [-0.15, -0.1) is 0 Å². The molecule has 1 aliphatic heterocycles. The molecule has 3 N–H and O–H groups in total. The molecule has 1 atom stereocenters. The van der Waals surface area contributed by atoms with Crippen molar-refractivity contribution in [1.82, 2.24) is 15.2 Å². The zero-order valence-electron chi connectivity index (χ0n) is 24.7. The molecule has 1 unspecified atom stereocenters. The van der Waals surface area contributed by atoms with Crippen molar-refractivity contribution in [2.75, 3.05) is 36.4 Å². The summed E-state index contributed by atoms with van der Waals surface area (Å²) in [5, 5.41) is 15.5. The van der Waals surface area contributed by atoms with Crippen LogP contribution in [0.3, 0.4) is 0 Å². The Hall–Kier alpha value is -5.29. The van der Waals surface area contributed by atoms with Crippen molar-refractivity contribution < 1.29 is 28.7 Å². The van der Waals surface area contributed by atoms with Crippen LogP contribution in [0.4, 0.5) is 15.8 Å². The molecule has 1 aromatic heterocycles. The highest BCUT2D eigenvalue weighted by atomic mass is 35.5. The molecule has 12 heteroatoms. The number of aromatic nitrogens is 1. The Morgan fingerprint density at radius 1 is 0.870 bits per heavy atom. The van der Waals surface area contributed by atoms with Crippen LogP contribution in [-0.4, -0.2) is 64.9 Å². The fourth-order valence-electron chi connectivity index (χ4n) is 5.27. The first-order chi connectivity index (χ1) is 22.2. The maximum absolute atomic E-state index is 13.5. The van der Waals surface area contributed by atoms with E-state index in [-0.39, 0.29) is 11.5 Å². The summed E-state index contributed by atoms with van der Waals surface area (Å²) in [6, 6.07) is 19.0. The van der Waals surface area contributed by atoms with Crippen LogP contribution in [0.25, 0.3) is 0 Å². The van der Waals surface area contributed by atoms with Crippen molar-refractivity contribution in [3.8, 4) is 0 Å². The van der Waals surface area contributed by atoms with E-state index < -0.39 is 36.1 Å². The zero-order chi connectivity index (χ0) is 32.6. The van der Waals surface area contributed by atoms with E-state index in [0.29, 0.717) is 65.7 Å². The summed E-state index contributed by atoms with van der Waals surface area (Å²) < 4.78 is 13.5. The molecule has 0 bridgehead atoms. The van der Waals surface area contributed by atoms with Gasteiger partial charge >= 0.3 is 5.97 Å². The van der Waals surface area contributed by atoms with Crippen molar-refractivity contribution in [3.63, 3.8) is 0 Å². The number of carboxylic acids is 1. The van der Waals surface area contributed by atoms with E-state index in [0.717, 1.165) is 0 Å². The molecule has 0 aliphatic carbocycles. The molecule has 10 nitrogen and oxygen atoms in total. The quantitative estimate of drug-likeness (QED) is 0.222. The zero-order valence-corrected chi connectivity index (χ0v) is 25.4. The number of nitrogens with one attached hydrogen (secondary N) is 2. The van der Waals surface area contributed by atoms with E-state index in [1.165, 1.54) is 42.6 Å². The number of rotatable bonds is 9. The molecule has 236 valence electrons. The highest BCUT2D eigenvalue weighted by Crippen LogP contribution is 2.30. The van der Waals surface area contributed by atoms with Crippen molar-refractivity contribution in [2.24, 2.45) is 0 Å². The Morgan fingerprint density at radius 2 is 1.63 bits per heavy atom. The van der Waals surface area contributed by atoms with E-state index >= 15 is 0 Å². The maximum Gasteiger partial charge on any atom is 0.305 e. The second-order valence-corrected chi connectivity index (χ2v) is 11.2. The molecule has 5 rings (SSSR count). The molecule has 46 heavy (non-hydrogen) atoms. The smallest absolute Gasteiger partial charge is 0.305 e. The first-order valence-electron chi connectivity index (χ1n) is 14.6. The molecule has 2 heterocycles. The Labute approximate surface area is 269 Å². The Balaban J connectivity index is 1.41. The summed E-state index contributed by atoms with van der Waals surface area (Å²) in [4.78, 5) is 59.3.